The Morgan fingerprint density at radius 2 is 2.17 bits per heavy atom. The number of primary amides is 1. The zero-order valence-electron chi connectivity index (χ0n) is 10.1. The molecule has 0 aromatic heterocycles. The van der Waals surface area contributed by atoms with Gasteiger partial charge >= 0.3 is 0 Å². The van der Waals surface area contributed by atoms with Crippen LogP contribution in [0.3, 0.4) is 0 Å². The van der Waals surface area contributed by atoms with Crippen LogP contribution >= 0.6 is 0 Å². The van der Waals surface area contributed by atoms with E-state index in [9.17, 15) is 9.59 Å². The highest BCUT2D eigenvalue weighted by atomic mass is 16.3. The summed E-state index contributed by atoms with van der Waals surface area (Å²) in [5.74, 6) is -1.58. The van der Waals surface area contributed by atoms with Gasteiger partial charge in [-0.25, -0.2) is 0 Å². The minimum Gasteiger partial charge on any atom is -0.396 e. The Bertz CT molecular complexity index is 485. The molecule has 0 atom stereocenters. The fraction of sp³-hybridized carbons (Fsp3) is 0.385. The summed E-state index contributed by atoms with van der Waals surface area (Å²) in [6.45, 7) is 1.59. The molecule has 1 aliphatic heterocycles. The molecule has 0 saturated carbocycles. The molecule has 5 heteroatoms. The first kappa shape index (κ1) is 12.6. The van der Waals surface area contributed by atoms with E-state index in [-0.39, 0.29) is 6.61 Å². The largest absolute Gasteiger partial charge is 0.396 e. The van der Waals surface area contributed by atoms with Crippen molar-refractivity contribution in [1.82, 2.24) is 0 Å². The number of hydrogen-bond donors (Lipinski definition) is 2. The second-order valence-corrected chi connectivity index (χ2v) is 4.32. The van der Waals surface area contributed by atoms with Crippen molar-refractivity contribution in [2.45, 2.75) is 12.8 Å². The lowest BCUT2D eigenvalue weighted by atomic mass is 10.0. The zero-order chi connectivity index (χ0) is 13.1. The second-order valence-electron chi connectivity index (χ2n) is 4.32. The lowest BCUT2D eigenvalue weighted by Gasteiger charge is -2.20. The lowest BCUT2D eigenvalue weighted by Crippen LogP contribution is -2.28. The predicted octanol–water partition coefficient (Wildman–Crippen LogP) is 0.0995. The van der Waals surface area contributed by atoms with Crippen molar-refractivity contribution in [3.63, 3.8) is 0 Å². The van der Waals surface area contributed by atoms with E-state index in [4.69, 9.17) is 10.8 Å². The first-order valence-electron chi connectivity index (χ1n) is 5.97. The molecule has 18 heavy (non-hydrogen) atoms. The smallest absolute Gasteiger partial charge is 0.289 e. The summed E-state index contributed by atoms with van der Waals surface area (Å²) in [4.78, 5) is 24.8. The van der Waals surface area contributed by atoms with Gasteiger partial charge in [-0.2, -0.15) is 0 Å². The molecule has 96 valence electrons. The molecule has 1 aromatic carbocycles. The summed E-state index contributed by atoms with van der Waals surface area (Å²) in [7, 11) is 0. The van der Waals surface area contributed by atoms with Crippen molar-refractivity contribution in [3.05, 3.63) is 29.3 Å². The molecule has 3 N–H and O–H groups in total. The van der Waals surface area contributed by atoms with Crippen molar-refractivity contribution < 1.29 is 14.7 Å². The van der Waals surface area contributed by atoms with E-state index >= 15 is 0 Å². The van der Waals surface area contributed by atoms with Crippen molar-refractivity contribution in [2.24, 2.45) is 5.73 Å². The average molecular weight is 248 g/mol. The van der Waals surface area contributed by atoms with E-state index in [0.29, 0.717) is 18.5 Å². The third-order valence-electron chi connectivity index (χ3n) is 3.14. The fourth-order valence-corrected chi connectivity index (χ4v) is 2.33. The van der Waals surface area contributed by atoms with Gasteiger partial charge in [-0.15, -0.1) is 0 Å². The highest BCUT2D eigenvalue weighted by molar-refractivity contribution is 6.43. The predicted molar refractivity (Wildman–Crippen MR) is 67.6 cm³/mol. The van der Waals surface area contributed by atoms with Crippen molar-refractivity contribution in [2.75, 3.05) is 24.6 Å². The number of amides is 1. The Labute approximate surface area is 105 Å². The molecule has 0 fully saturated rings. The maximum absolute atomic E-state index is 11.8. The number of benzene rings is 1. The Kier molecular flexibility index (Phi) is 3.62. The van der Waals surface area contributed by atoms with Gasteiger partial charge in [0.05, 0.1) is 11.3 Å². The summed E-state index contributed by atoms with van der Waals surface area (Å²) in [5.41, 5.74) is 7.29. The van der Waals surface area contributed by atoms with Crippen LogP contribution in [0.5, 0.6) is 0 Å². The molecular weight excluding hydrogens is 232 g/mol. The molecule has 0 saturated heterocycles. The number of ketones is 1. The van der Waals surface area contributed by atoms with Crippen LogP contribution < -0.4 is 10.6 Å². The quantitative estimate of drug-likeness (QED) is 0.572. The minimum atomic E-state index is -0.933. The first-order valence-corrected chi connectivity index (χ1v) is 5.97. The number of Topliss-reactive ketones (excluding diaryl/α,β-unsaturated/α-hetero) is 1. The number of para-hydroxylation sites is 1. The minimum absolute atomic E-state index is 0.109. The number of carbonyl (C=O) groups excluding carboxylic acids is 2. The summed E-state index contributed by atoms with van der Waals surface area (Å²) in [6, 6.07) is 5.35. The molecule has 0 bridgehead atoms. The SMILES string of the molecule is NC(=O)C(=O)c1cccc2c1N(CCCO)CC2. The topological polar surface area (TPSA) is 83.6 Å². The van der Waals surface area contributed by atoms with E-state index in [1.807, 2.05) is 11.0 Å². The van der Waals surface area contributed by atoms with Gasteiger partial charge in [0, 0.05) is 19.7 Å². The van der Waals surface area contributed by atoms with Gasteiger partial charge in [-0.05, 0) is 24.5 Å². The van der Waals surface area contributed by atoms with Gasteiger partial charge < -0.3 is 15.7 Å². The lowest BCUT2D eigenvalue weighted by molar-refractivity contribution is -0.114. The van der Waals surface area contributed by atoms with Crippen LogP contribution in [0.4, 0.5) is 5.69 Å². The normalized spacial score (nSPS) is 13.5. The van der Waals surface area contributed by atoms with Crippen LogP contribution in [0.25, 0.3) is 0 Å². The zero-order valence-corrected chi connectivity index (χ0v) is 10.1. The number of fused-ring (bicyclic) bond motifs is 1. The average Bonchev–Trinajstić information content (AvgIpc) is 2.78. The fourth-order valence-electron chi connectivity index (χ4n) is 2.33. The molecule has 0 aliphatic carbocycles. The summed E-state index contributed by atoms with van der Waals surface area (Å²) >= 11 is 0. The third-order valence-corrected chi connectivity index (χ3v) is 3.14. The maximum atomic E-state index is 11.8. The molecule has 1 heterocycles. The van der Waals surface area contributed by atoms with Crippen LogP contribution in [0.15, 0.2) is 18.2 Å². The summed E-state index contributed by atoms with van der Waals surface area (Å²) in [6.07, 6.45) is 1.49. The number of carbonyl (C=O) groups is 2. The van der Waals surface area contributed by atoms with Gasteiger partial charge in [0.1, 0.15) is 0 Å². The number of nitrogens with two attached hydrogens (primary N) is 1. The molecule has 5 nitrogen and oxygen atoms in total. The maximum Gasteiger partial charge on any atom is 0.289 e. The number of hydrogen-bond acceptors (Lipinski definition) is 4. The highest BCUT2D eigenvalue weighted by Gasteiger charge is 2.26. The second kappa shape index (κ2) is 5.18. The molecular formula is C13H16N2O3. The van der Waals surface area contributed by atoms with Crippen LogP contribution in [0.1, 0.15) is 22.3 Å². The van der Waals surface area contributed by atoms with Gasteiger partial charge in [-0.3, -0.25) is 9.59 Å². The Morgan fingerprint density at radius 3 is 2.83 bits per heavy atom. The Morgan fingerprint density at radius 1 is 1.39 bits per heavy atom. The van der Waals surface area contributed by atoms with Crippen molar-refractivity contribution in [3.8, 4) is 0 Å². The van der Waals surface area contributed by atoms with Gasteiger partial charge in [0.25, 0.3) is 11.7 Å². The number of aliphatic hydroxyl groups is 1. The van der Waals surface area contributed by atoms with Gasteiger partial charge in [0.2, 0.25) is 0 Å². The monoisotopic (exact) mass is 248 g/mol. The van der Waals surface area contributed by atoms with Crippen LogP contribution in [0, 0.1) is 0 Å². The number of aliphatic hydroxyl groups excluding tert-OH is 1. The summed E-state index contributed by atoms with van der Waals surface area (Å²) in [5, 5.41) is 8.87. The Hall–Kier alpha value is -1.88. The Balaban J connectivity index is 2.36. The van der Waals surface area contributed by atoms with Crippen LogP contribution in [-0.2, 0) is 11.2 Å². The highest BCUT2D eigenvalue weighted by Crippen LogP contribution is 2.32. The number of rotatable bonds is 5. The van der Waals surface area contributed by atoms with E-state index in [1.54, 1.807) is 12.1 Å². The van der Waals surface area contributed by atoms with Gasteiger partial charge in [-0.1, -0.05) is 12.1 Å². The molecule has 1 aliphatic rings. The van der Waals surface area contributed by atoms with E-state index in [0.717, 1.165) is 24.2 Å². The molecule has 1 aromatic rings. The molecule has 0 unspecified atom stereocenters. The van der Waals surface area contributed by atoms with E-state index in [2.05, 4.69) is 0 Å². The molecule has 0 spiro atoms. The third kappa shape index (κ3) is 2.22. The van der Waals surface area contributed by atoms with Crippen molar-refractivity contribution in [1.29, 1.82) is 0 Å². The summed E-state index contributed by atoms with van der Waals surface area (Å²) < 4.78 is 0. The number of nitrogens with zero attached hydrogens (tertiary/aromatic N) is 1. The van der Waals surface area contributed by atoms with E-state index in [1.165, 1.54) is 0 Å². The van der Waals surface area contributed by atoms with Gasteiger partial charge in [0.15, 0.2) is 0 Å². The van der Waals surface area contributed by atoms with Crippen LogP contribution in [-0.4, -0.2) is 36.5 Å². The van der Waals surface area contributed by atoms with Crippen LogP contribution in [0.2, 0.25) is 0 Å². The molecule has 2 rings (SSSR count). The number of anilines is 1. The molecule has 0 radical (unpaired) electrons. The van der Waals surface area contributed by atoms with E-state index < -0.39 is 11.7 Å². The molecule has 1 amide bonds. The first-order chi connectivity index (χ1) is 8.65. The standard InChI is InChI=1S/C13H16N2O3/c14-13(18)12(17)10-4-1-3-9-5-7-15(11(9)10)6-2-8-16/h1,3-4,16H,2,5-8H2,(H2,14,18). The van der Waals surface area contributed by atoms with Crippen molar-refractivity contribution >= 4 is 17.4 Å².